The maximum Gasteiger partial charge on any atom is 0.227 e. The zero-order valence-corrected chi connectivity index (χ0v) is 9.83. The van der Waals surface area contributed by atoms with Gasteiger partial charge in [-0.2, -0.15) is 0 Å². The molecule has 3 nitrogen and oxygen atoms in total. The summed E-state index contributed by atoms with van der Waals surface area (Å²) < 4.78 is 0. The SMILES string of the molecule is C=CCN(C(=O)C(C)CNCC)C1CC1. The van der Waals surface area contributed by atoms with Crippen molar-refractivity contribution in [1.82, 2.24) is 10.2 Å². The Kier molecular flexibility index (Phi) is 4.82. The van der Waals surface area contributed by atoms with Crippen LogP contribution < -0.4 is 5.32 Å². The van der Waals surface area contributed by atoms with Crippen LogP contribution >= 0.6 is 0 Å². The number of hydrogen-bond acceptors (Lipinski definition) is 2. The van der Waals surface area contributed by atoms with Crippen LogP contribution in [0.15, 0.2) is 12.7 Å². The van der Waals surface area contributed by atoms with Gasteiger partial charge in [0.15, 0.2) is 0 Å². The molecule has 1 aliphatic rings. The Bertz CT molecular complexity index is 224. The van der Waals surface area contributed by atoms with Gasteiger partial charge in [-0.3, -0.25) is 4.79 Å². The molecule has 86 valence electrons. The maximum atomic E-state index is 12.1. The van der Waals surface area contributed by atoms with Crippen molar-refractivity contribution in [2.75, 3.05) is 19.6 Å². The Balaban J connectivity index is 2.43. The summed E-state index contributed by atoms with van der Waals surface area (Å²) in [4.78, 5) is 14.0. The second-order valence-corrected chi connectivity index (χ2v) is 4.22. The van der Waals surface area contributed by atoms with Crippen molar-refractivity contribution >= 4 is 5.91 Å². The van der Waals surface area contributed by atoms with E-state index in [0.717, 1.165) is 25.9 Å². The lowest BCUT2D eigenvalue weighted by atomic mass is 10.1. The summed E-state index contributed by atoms with van der Waals surface area (Å²) in [6.45, 7) is 10.1. The number of carbonyl (C=O) groups is 1. The number of hydrogen-bond donors (Lipinski definition) is 1. The molecule has 0 radical (unpaired) electrons. The Morgan fingerprint density at radius 2 is 2.33 bits per heavy atom. The quantitative estimate of drug-likeness (QED) is 0.644. The molecule has 0 saturated heterocycles. The minimum atomic E-state index is 0.0745. The molecule has 0 heterocycles. The molecule has 0 bridgehead atoms. The number of carbonyl (C=O) groups excluding carboxylic acids is 1. The van der Waals surface area contributed by atoms with Crippen molar-refractivity contribution < 1.29 is 4.79 Å². The highest BCUT2D eigenvalue weighted by Gasteiger charge is 2.33. The van der Waals surface area contributed by atoms with Gasteiger partial charge in [-0.1, -0.05) is 19.9 Å². The summed E-state index contributed by atoms with van der Waals surface area (Å²) in [5.74, 6) is 0.337. The van der Waals surface area contributed by atoms with Crippen LogP contribution in [0.1, 0.15) is 26.7 Å². The van der Waals surface area contributed by atoms with E-state index in [-0.39, 0.29) is 11.8 Å². The molecule has 0 spiro atoms. The van der Waals surface area contributed by atoms with E-state index in [1.54, 1.807) is 0 Å². The molecular weight excluding hydrogens is 188 g/mol. The average Bonchev–Trinajstić information content (AvgIpc) is 3.05. The second kappa shape index (κ2) is 5.91. The normalized spacial score (nSPS) is 17.2. The molecule has 1 saturated carbocycles. The fourth-order valence-electron chi connectivity index (χ4n) is 1.68. The van der Waals surface area contributed by atoms with Crippen LogP contribution in [0, 0.1) is 5.92 Å². The Morgan fingerprint density at radius 1 is 1.67 bits per heavy atom. The molecular formula is C12H22N2O. The van der Waals surface area contributed by atoms with Gasteiger partial charge in [-0.25, -0.2) is 0 Å². The van der Waals surface area contributed by atoms with Gasteiger partial charge in [0.25, 0.3) is 0 Å². The molecule has 0 aliphatic heterocycles. The zero-order valence-electron chi connectivity index (χ0n) is 9.83. The summed E-state index contributed by atoms with van der Waals surface area (Å²) in [5.41, 5.74) is 0. The molecule has 1 aliphatic carbocycles. The van der Waals surface area contributed by atoms with E-state index >= 15 is 0 Å². The number of rotatable bonds is 7. The van der Waals surface area contributed by atoms with Gasteiger partial charge in [-0.05, 0) is 19.4 Å². The van der Waals surface area contributed by atoms with E-state index in [1.807, 2.05) is 17.9 Å². The van der Waals surface area contributed by atoms with Crippen LogP contribution in [-0.2, 0) is 4.79 Å². The van der Waals surface area contributed by atoms with Crippen LogP contribution in [0.2, 0.25) is 0 Å². The monoisotopic (exact) mass is 210 g/mol. The topological polar surface area (TPSA) is 32.3 Å². The van der Waals surface area contributed by atoms with Crippen molar-refractivity contribution in [2.45, 2.75) is 32.7 Å². The molecule has 1 atom stereocenters. The van der Waals surface area contributed by atoms with Crippen molar-refractivity contribution in [3.8, 4) is 0 Å². The first-order chi connectivity index (χ1) is 7.20. The van der Waals surface area contributed by atoms with Crippen molar-refractivity contribution in [3.63, 3.8) is 0 Å². The molecule has 1 unspecified atom stereocenters. The molecule has 1 amide bonds. The highest BCUT2D eigenvalue weighted by molar-refractivity contribution is 5.79. The fraction of sp³-hybridized carbons (Fsp3) is 0.750. The van der Waals surface area contributed by atoms with Crippen LogP contribution in [0.25, 0.3) is 0 Å². The molecule has 1 rings (SSSR count). The highest BCUT2D eigenvalue weighted by atomic mass is 16.2. The van der Waals surface area contributed by atoms with Gasteiger partial charge in [0.1, 0.15) is 0 Å². The Labute approximate surface area is 92.5 Å². The lowest BCUT2D eigenvalue weighted by molar-refractivity contribution is -0.134. The predicted molar refractivity (Wildman–Crippen MR) is 62.6 cm³/mol. The molecule has 0 aromatic rings. The summed E-state index contributed by atoms with van der Waals surface area (Å²) in [6, 6.07) is 0.486. The van der Waals surface area contributed by atoms with Crippen molar-refractivity contribution in [2.24, 2.45) is 5.92 Å². The minimum Gasteiger partial charge on any atom is -0.336 e. The minimum absolute atomic E-state index is 0.0745. The van der Waals surface area contributed by atoms with Crippen LogP contribution in [0.3, 0.4) is 0 Å². The van der Waals surface area contributed by atoms with Gasteiger partial charge in [0.2, 0.25) is 5.91 Å². The summed E-state index contributed by atoms with van der Waals surface area (Å²) >= 11 is 0. The standard InChI is InChI=1S/C12H22N2O/c1-4-8-14(11-6-7-11)12(15)10(3)9-13-5-2/h4,10-11,13H,1,5-9H2,2-3H3. The largest absolute Gasteiger partial charge is 0.336 e. The fourth-order valence-corrected chi connectivity index (χ4v) is 1.68. The lowest BCUT2D eigenvalue weighted by Crippen LogP contribution is -2.40. The third kappa shape index (κ3) is 3.67. The summed E-state index contributed by atoms with van der Waals surface area (Å²) in [6.07, 6.45) is 4.14. The molecule has 3 heteroatoms. The van der Waals surface area contributed by atoms with Gasteiger partial charge in [-0.15, -0.1) is 6.58 Å². The lowest BCUT2D eigenvalue weighted by Gasteiger charge is -2.24. The van der Waals surface area contributed by atoms with E-state index in [9.17, 15) is 4.79 Å². The molecule has 15 heavy (non-hydrogen) atoms. The average molecular weight is 210 g/mol. The highest BCUT2D eigenvalue weighted by Crippen LogP contribution is 2.27. The number of nitrogens with one attached hydrogen (secondary N) is 1. The zero-order chi connectivity index (χ0) is 11.3. The van der Waals surface area contributed by atoms with E-state index in [0.29, 0.717) is 12.6 Å². The van der Waals surface area contributed by atoms with Crippen molar-refractivity contribution in [3.05, 3.63) is 12.7 Å². The Morgan fingerprint density at radius 3 is 2.80 bits per heavy atom. The molecule has 1 fully saturated rings. The van der Waals surface area contributed by atoms with Crippen LogP contribution in [0.5, 0.6) is 0 Å². The van der Waals surface area contributed by atoms with Crippen LogP contribution in [-0.4, -0.2) is 36.5 Å². The maximum absolute atomic E-state index is 12.1. The van der Waals surface area contributed by atoms with Gasteiger partial charge >= 0.3 is 0 Å². The van der Waals surface area contributed by atoms with Crippen molar-refractivity contribution in [1.29, 1.82) is 0 Å². The third-order valence-electron chi connectivity index (χ3n) is 2.72. The number of amides is 1. The molecule has 0 aromatic carbocycles. The summed E-state index contributed by atoms with van der Waals surface area (Å²) in [7, 11) is 0. The van der Waals surface area contributed by atoms with E-state index < -0.39 is 0 Å². The molecule has 0 aromatic heterocycles. The van der Waals surface area contributed by atoms with Gasteiger partial charge in [0.05, 0.1) is 0 Å². The first kappa shape index (κ1) is 12.2. The van der Waals surface area contributed by atoms with E-state index in [1.165, 1.54) is 0 Å². The summed E-state index contributed by atoms with van der Waals surface area (Å²) in [5, 5.41) is 3.21. The third-order valence-corrected chi connectivity index (χ3v) is 2.72. The second-order valence-electron chi connectivity index (χ2n) is 4.22. The van der Waals surface area contributed by atoms with E-state index in [4.69, 9.17) is 0 Å². The molecule has 1 N–H and O–H groups in total. The number of nitrogens with zero attached hydrogens (tertiary/aromatic N) is 1. The van der Waals surface area contributed by atoms with Gasteiger partial charge < -0.3 is 10.2 Å². The van der Waals surface area contributed by atoms with Gasteiger partial charge in [0, 0.05) is 25.0 Å². The first-order valence-electron chi connectivity index (χ1n) is 5.82. The van der Waals surface area contributed by atoms with Crippen LogP contribution in [0.4, 0.5) is 0 Å². The smallest absolute Gasteiger partial charge is 0.227 e. The predicted octanol–water partition coefficient (Wildman–Crippen LogP) is 1.41. The first-order valence-corrected chi connectivity index (χ1v) is 5.82. The Hall–Kier alpha value is -0.830. The van der Waals surface area contributed by atoms with E-state index in [2.05, 4.69) is 18.8 Å².